The molecule has 1 amide bonds. The van der Waals surface area contributed by atoms with E-state index in [4.69, 9.17) is 9.47 Å². The maximum absolute atomic E-state index is 11.8. The van der Waals surface area contributed by atoms with Crippen LogP contribution in [0.4, 0.5) is 10.7 Å². The summed E-state index contributed by atoms with van der Waals surface area (Å²) in [5.74, 6) is 0.654. The lowest BCUT2D eigenvalue weighted by atomic mass is 10.2. The molecule has 0 aliphatic carbocycles. The van der Waals surface area contributed by atoms with Crippen LogP contribution < -0.4 is 9.64 Å². The molecule has 18 heavy (non-hydrogen) atoms. The minimum Gasteiger partial charge on any atom is -0.467 e. The van der Waals surface area contributed by atoms with Gasteiger partial charge in [0.05, 0.1) is 7.11 Å². The standard InChI is InChI=1S/C11H18N4O3/c1-7-12-8(14-9(13-7)17-6)15(5)10(16)18-11(2,3)4/h1-6H3. The highest BCUT2D eigenvalue weighted by Gasteiger charge is 2.22. The van der Waals surface area contributed by atoms with Crippen LogP contribution in [0.3, 0.4) is 0 Å². The van der Waals surface area contributed by atoms with Crippen molar-refractivity contribution in [3.63, 3.8) is 0 Å². The van der Waals surface area contributed by atoms with Crippen molar-refractivity contribution in [2.75, 3.05) is 19.1 Å². The molecule has 1 aromatic heterocycles. The highest BCUT2D eigenvalue weighted by Crippen LogP contribution is 2.14. The molecule has 0 fully saturated rings. The summed E-state index contributed by atoms with van der Waals surface area (Å²) in [4.78, 5) is 25.0. The van der Waals surface area contributed by atoms with E-state index in [-0.39, 0.29) is 12.0 Å². The Balaban J connectivity index is 2.93. The van der Waals surface area contributed by atoms with Gasteiger partial charge in [-0.05, 0) is 27.7 Å². The maximum Gasteiger partial charge on any atom is 0.416 e. The number of anilines is 1. The highest BCUT2D eigenvalue weighted by atomic mass is 16.6. The summed E-state index contributed by atoms with van der Waals surface area (Å²) in [5.41, 5.74) is -0.572. The van der Waals surface area contributed by atoms with Crippen molar-refractivity contribution in [2.24, 2.45) is 0 Å². The van der Waals surface area contributed by atoms with Gasteiger partial charge >= 0.3 is 12.1 Å². The lowest BCUT2D eigenvalue weighted by Gasteiger charge is -2.23. The minimum absolute atomic E-state index is 0.160. The van der Waals surface area contributed by atoms with Crippen LogP contribution >= 0.6 is 0 Å². The number of nitrogens with zero attached hydrogens (tertiary/aromatic N) is 4. The molecule has 0 bridgehead atoms. The van der Waals surface area contributed by atoms with Crippen LogP contribution in [0, 0.1) is 6.92 Å². The largest absolute Gasteiger partial charge is 0.467 e. The van der Waals surface area contributed by atoms with Gasteiger partial charge in [-0.25, -0.2) is 9.69 Å². The third-order valence-electron chi connectivity index (χ3n) is 1.86. The lowest BCUT2D eigenvalue weighted by molar-refractivity contribution is 0.0587. The Morgan fingerprint density at radius 3 is 2.33 bits per heavy atom. The predicted octanol–water partition coefficient (Wildman–Crippen LogP) is 1.56. The monoisotopic (exact) mass is 254 g/mol. The molecule has 0 unspecified atom stereocenters. The van der Waals surface area contributed by atoms with Gasteiger partial charge in [-0.1, -0.05) is 0 Å². The number of methoxy groups -OCH3 is 1. The Bertz CT molecular complexity index is 442. The second-order valence-electron chi connectivity index (χ2n) is 4.71. The zero-order chi connectivity index (χ0) is 13.9. The molecule has 1 aromatic rings. The second-order valence-corrected chi connectivity index (χ2v) is 4.71. The molecule has 100 valence electrons. The van der Waals surface area contributed by atoms with Crippen LogP contribution in [0.5, 0.6) is 6.01 Å². The third-order valence-corrected chi connectivity index (χ3v) is 1.86. The number of rotatable bonds is 2. The molecule has 0 aliphatic rings. The smallest absolute Gasteiger partial charge is 0.416 e. The van der Waals surface area contributed by atoms with Gasteiger partial charge in [-0.3, -0.25) is 0 Å². The molecule has 1 heterocycles. The molecule has 0 aromatic carbocycles. The molecule has 0 atom stereocenters. The van der Waals surface area contributed by atoms with E-state index in [1.54, 1.807) is 27.7 Å². The van der Waals surface area contributed by atoms with E-state index in [2.05, 4.69) is 15.0 Å². The number of carbonyl (C=O) groups excluding carboxylic acids is 1. The number of hydrogen-bond acceptors (Lipinski definition) is 6. The van der Waals surface area contributed by atoms with Gasteiger partial charge in [-0.2, -0.15) is 15.0 Å². The third kappa shape index (κ3) is 3.83. The lowest BCUT2D eigenvalue weighted by Crippen LogP contribution is -2.35. The molecule has 0 radical (unpaired) electrons. The number of hydrogen-bond donors (Lipinski definition) is 0. The number of carbonyl (C=O) groups is 1. The van der Waals surface area contributed by atoms with Crippen LogP contribution in [0.25, 0.3) is 0 Å². The fourth-order valence-electron chi connectivity index (χ4n) is 1.10. The average molecular weight is 254 g/mol. The summed E-state index contributed by atoms with van der Waals surface area (Å²) in [5, 5.41) is 0. The van der Waals surface area contributed by atoms with Crippen LogP contribution in [0.1, 0.15) is 26.6 Å². The Morgan fingerprint density at radius 2 is 1.83 bits per heavy atom. The van der Waals surface area contributed by atoms with Gasteiger partial charge in [-0.15, -0.1) is 0 Å². The van der Waals surface area contributed by atoms with Gasteiger partial charge in [0.1, 0.15) is 11.4 Å². The van der Waals surface area contributed by atoms with Crippen molar-refractivity contribution < 1.29 is 14.3 Å². The van der Waals surface area contributed by atoms with E-state index in [0.29, 0.717) is 5.82 Å². The highest BCUT2D eigenvalue weighted by molar-refractivity contribution is 5.84. The number of aromatic nitrogens is 3. The van der Waals surface area contributed by atoms with E-state index in [9.17, 15) is 4.79 Å². The summed E-state index contributed by atoms with van der Waals surface area (Å²) in [7, 11) is 2.98. The van der Waals surface area contributed by atoms with Crippen molar-refractivity contribution >= 4 is 12.0 Å². The molecule has 7 nitrogen and oxygen atoms in total. The van der Waals surface area contributed by atoms with Gasteiger partial charge in [0.25, 0.3) is 0 Å². The first-order chi connectivity index (χ1) is 8.23. The van der Waals surface area contributed by atoms with E-state index < -0.39 is 11.7 Å². The van der Waals surface area contributed by atoms with Crippen molar-refractivity contribution in [1.82, 2.24) is 15.0 Å². The van der Waals surface area contributed by atoms with E-state index in [1.807, 2.05) is 0 Å². The first-order valence-electron chi connectivity index (χ1n) is 5.46. The molecule has 1 rings (SSSR count). The zero-order valence-electron chi connectivity index (χ0n) is 11.5. The summed E-state index contributed by atoms with van der Waals surface area (Å²) in [6.45, 7) is 7.06. The molecular weight excluding hydrogens is 236 g/mol. The zero-order valence-corrected chi connectivity index (χ0v) is 11.5. The van der Waals surface area contributed by atoms with Gasteiger partial charge in [0.15, 0.2) is 0 Å². The number of ether oxygens (including phenoxy) is 2. The fourth-order valence-corrected chi connectivity index (χ4v) is 1.10. The van der Waals surface area contributed by atoms with E-state index in [1.165, 1.54) is 19.1 Å². The first-order valence-corrected chi connectivity index (χ1v) is 5.46. The first kappa shape index (κ1) is 14.1. The quantitative estimate of drug-likeness (QED) is 0.797. The molecule has 7 heteroatoms. The fraction of sp³-hybridized carbons (Fsp3) is 0.636. The molecular formula is C11H18N4O3. The van der Waals surface area contributed by atoms with Crippen molar-refractivity contribution in [1.29, 1.82) is 0 Å². The molecule has 0 saturated carbocycles. The maximum atomic E-state index is 11.8. The van der Waals surface area contributed by atoms with Crippen LogP contribution in [-0.2, 0) is 4.74 Å². The summed E-state index contributed by atoms with van der Waals surface area (Å²) >= 11 is 0. The SMILES string of the molecule is COc1nc(C)nc(N(C)C(=O)OC(C)(C)C)n1. The van der Waals surface area contributed by atoms with Crippen LogP contribution in [0.2, 0.25) is 0 Å². The number of aryl methyl sites for hydroxylation is 1. The van der Waals surface area contributed by atoms with E-state index >= 15 is 0 Å². The van der Waals surface area contributed by atoms with Crippen molar-refractivity contribution in [3.05, 3.63) is 5.82 Å². The average Bonchev–Trinajstić information content (AvgIpc) is 2.24. The van der Waals surface area contributed by atoms with E-state index in [0.717, 1.165) is 0 Å². The van der Waals surface area contributed by atoms with Gasteiger partial charge in [0, 0.05) is 7.05 Å². The Kier molecular flexibility index (Phi) is 4.05. The van der Waals surface area contributed by atoms with Crippen LogP contribution in [0.15, 0.2) is 0 Å². The normalized spacial score (nSPS) is 11.0. The Labute approximate surface area is 106 Å². The second kappa shape index (κ2) is 5.16. The van der Waals surface area contributed by atoms with Gasteiger partial charge < -0.3 is 9.47 Å². The molecule has 0 N–H and O–H groups in total. The predicted molar refractivity (Wildman–Crippen MR) is 65.8 cm³/mol. The summed E-state index contributed by atoms with van der Waals surface area (Å²) in [6, 6.07) is 0.160. The number of amides is 1. The van der Waals surface area contributed by atoms with Gasteiger partial charge in [0.2, 0.25) is 5.95 Å². The van der Waals surface area contributed by atoms with Crippen molar-refractivity contribution in [2.45, 2.75) is 33.3 Å². The summed E-state index contributed by atoms with van der Waals surface area (Å²) < 4.78 is 10.1. The minimum atomic E-state index is -0.572. The summed E-state index contributed by atoms with van der Waals surface area (Å²) in [6.07, 6.45) is -0.532. The van der Waals surface area contributed by atoms with Crippen LogP contribution in [-0.4, -0.2) is 40.8 Å². The van der Waals surface area contributed by atoms with Crippen molar-refractivity contribution in [3.8, 4) is 6.01 Å². The molecule has 0 saturated heterocycles. The topological polar surface area (TPSA) is 77.4 Å². The molecule has 0 spiro atoms. The Morgan fingerprint density at radius 1 is 1.22 bits per heavy atom. The molecule has 0 aliphatic heterocycles. The Hall–Kier alpha value is -1.92.